The highest BCUT2D eigenvalue weighted by Gasteiger charge is 2.22. The first-order chi connectivity index (χ1) is 10.1. The fourth-order valence-electron chi connectivity index (χ4n) is 2.45. The lowest BCUT2D eigenvalue weighted by molar-refractivity contribution is -0.137. The highest BCUT2D eigenvalue weighted by Crippen LogP contribution is 2.21. The van der Waals surface area contributed by atoms with Crippen molar-refractivity contribution in [2.75, 3.05) is 19.6 Å². The zero-order valence-electron chi connectivity index (χ0n) is 11.8. The average Bonchev–Trinajstić information content (AvgIpc) is 2.99. The molecule has 0 unspecified atom stereocenters. The fourth-order valence-corrected chi connectivity index (χ4v) is 2.45. The van der Waals surface area contributed by atoms with E-state index in [-0.39, 0.29) is 12.5 Å². The van der Waals surface area contributed by atoms with Crippen molar-refractivity contribution in [3.8, 4) is 0 Å². The van der Waals surface area contributed by atoms with Crippen LogP contribution in [-0.4, -0.2) is 51.8 Å². The van der Waals surface area contributed by atoms with Gasteiger partial charge in [-0.1, -0.05) is 5.16 Å². The second-order valence-corrected chi connectivity index (χ2v) is 5.18. The molecule has 0 radical (unpaired) electrons. The van der Waals surface area contributed by atoms with E-state index in [1.807, 2.05) is 0 Å². The molecule has 0 aliphatic carbocycles. The van der Waals surface area contributed by atoms with Crippen molar-refractivity contribution in [3.05, 3.63) is 12.2 Å². The van der Waals surface area contributed by atoms with Crippen LogP contribution in [0, 0.1) is 5.92 Å². The molecule has 2 amide bonds. The molecule has 1 aliphatic heterocycles. The van der Waals surface area contributed by atoms with Crippen LogP contribution in [0.5, 0.6) is 0 Å². The minimum Gasteiger partial charge on any atom is -0.481 e. The van der Waals surface area contributed by atoms with E-state index in [1.54, 1.807) is 4.90 Å². The van der Waals surface area contributed by atoms with E-state index < -0.39 is 5.97 Å². The highest BCUT2D eigenvalue weighted by atomic mass is 16.5. The van der Waals surface area contributed by atoms with Gasteiger partial charge >= 0.3 is 12.0 Å². The third kappa shape index (κ3) is 5.05. The van der Waals surface area contributed by atoms with E-state index in [0.717, 1.165) is 12.8 Å². The Bertz CT molecular complexity index is 455. The number of aromatic nitrogens is 2. The maximum Gasteiger partial charge on any atom is 0.317 e. The molecule has 1 aromatic heterocycles. The molecule has 8 heteroatoms. The van der Waals surface area contributed by atoms with Crippen molar-refractivity contribution in [2.24, 2.45) is 5.92 Å². The predicted octanol–water partition coefficient (Wildman–Crippen LogP) is 0.898. The second-order valence-electron chi connectivity index (χ2n) is 5.18. The lowest BCUT2D eigenvalue weighted by Crippen LogP contribution is -2.45. The number of urea groups is 1. The number of piperidine rings is 1. The molecular weight excluding hydrogens is 276 g/mol. The number of amides is 2. The first-order valence-corrected chi connectivity index (χ1v) is 7.15. The molecule has 116 valence electrons. The Kier molecular flexibility index (Phi) is 5.53. The Morgan fingerprint density at radius 3 is 2.81 bits per heavy atom. The van der Waals surface area contributed by atoms with Crippen molar-refractivity contribution in [1.29, 1.82) is 0 Å². The number of hydrogen-bond donors (Lipinski definition) is 2. The summed E-state index contributed by atoms with van der Waals surface area (Å²) in [6.07, 6.45) is 4.48. The van der Waals surface area contributed by atoms with E-state index in [4.69, 9.17) is 9.63 Å². The van der Waals surface area contributed by atoms with E-state index >= 15 is 0 Å². The zero-order valence-corrected chi connectivity index (χ0v) is 11.8. The summed E-state index contributed by atoms with van der Waals surface area (Å²) < 4.78 is 4.85. The van der Waals surface area contributed by atoms with Crippen LogP contribution in [0.25, 0.3) is 0 Å². The van der Waals surface area contributed by atoms with Crippen LogP contribution >= 0.6 is 0 Å². The number of aliphatic carboxylic acids is 1. The zero-order chi connectivity index (χ0) is 15.1. The van der Waals surface area contributed by atoms with Crippen molar-refractivity contribution in [1.82, 2.24) is 20.4 Å². The highest BCUT2D eigenvalue weighted by molar-refractivity contribution is 5.74. The minimum atomic E-state index is -0.754. The second kappa shape index (κ2) is 7.61. The summed E-state index contributed by atoms with van der Waals surface area (Å²) in [7, 11) is 0. The number of likely N-dealkylation sites (tertiary alicyclic amines) is 1. The number of carboxylic acids is 1. The third-order valence-corrected chi connectivity index (χ3v) is 3.69. The molecule has 2 rings (SSSR count). The van der Waals surface area contributed by atoms with E-state index in [1.165, 1.54) is 6.33 Å². The first kappa shape index (κ1) is 15.3. The van der Waals surface area contributed by atoms with Crippen LogP contribution in [0.1, 0.15) is 31.6 Å². The monoisotopic (exact) mass is 296 g/mol. The number of carbonyl (C=O) groups is 2. The van der Waals surface area contributed by atoms with Crippen molar-refractivity contribution in [3.63, 3.8) is 0 Å². The van der Waals surface area contributed by atoms with Crippen molar-refractivity contribution >= 4 is 12.0 Å². The van der Waals surface area contributed by atoms with E-state index in [0.29, 0.717) is 44.3 Å². The molecular formula is C13H20N4O4. The number of carboxylic acid groups (broad SMARTS) is 1. The standard InChI is InChI=1S/C13H20N4O4/c18-12(19)2-1-10-4-7-17(8-5-10)13(20)14-6-3-11-15-9-16-21-11/h9-10H,1-8H2,(H,14,20)(H,18,19). The van der Waals surface area contributed by atoms with Crippen LogP contribution < -0.4 is 5.32 Å². The summed E-state index contributed by atoms with van der Waals surface area (Å²) in [6.45, 7) is 1.81. The molecule has 2 heterocycles. The normalized spacial score (nSPS) is 15.9. The molecule has 21 heavy (non-hydrogen) atoms. The van der Waals surface area contributed by atoms with Gasteiger partial charge in [-0.3, -0.25) is 4.79 Å². The molecule has 1 saturated heterocycles. The van der Waals surface area contributed by atoms with E-state index in [2.05, 4.69) is 15.5 Å². The number of carbonyl (C=O) groups excluding carboxylic acids is 1. The SMILES string of the molecule is O=C(O)CCC1CCN(C(=O)NCCc2ncno2)CC1. The Balaban J connectivity index is 1.62. The smallest absolute Gasteiger partial charge is 0.317 e. The number of nitrogens with zero attached hydrogens (tertiary/aromatic N) is 3. The molecule has 2 N–H and O–H groups in total. The lowest BCUT2D eigenvalue weighted by atomic mass is 9.92. The van der Waals surface area contributed by atoms with Gasteiger partial charge in [-0.2, -0.15) is 4.98 Å². The van der Waals surface area contributed by atoms with Gasteiger partial charge < -0.3 is 19.8 Å². The molecule has 0 atom stereocenters. The Morgan fingerprint density at radius 1 is 1.43 bits per heavy atom. The van der Waals surface area contributed by atoms with Gasteiger partial charge in [0.25, 0.3) is 0 Å². The van der Waals surface area contributed by atoms with Gasteiger partial charge in [0.05, 0.1) is 0 Å². The number of nitrogens with one attached hydrogen (secondary N) is 1. The fraction of sp³-hybridized carbons (Fsp3) is 0.692. The van der Waals surface area contributed by atoms with Crippen LogP contribution in [-0.2, 0) is 11.2 Å². The minimum absolute atomic E-state index is 0.0915. The molecule has 0 spiro atoms. The van der Waals surface area contributed by atoms with E-state index in [9.17, 15) is 9.59 Å². The molecule has 0 saturated carbocycles. The summed E-state index contributed by atoms with van der Waals surface area (Å²) in [5, 5.41) is 15.0. The Hall–Kier alpha value is -2.12. The topological polar surface area (TPSA) is 109 Å². The third-order valence-electron chi connectivity index (χ3n) is 3.69. The van der Waals surface area contributed by atoms with Crippen LogP contribution in [0.4, 0.5) is 4.79 Å². The average molecular weight is 296 g/mol. The van der Waals surface area contributed by atoms with Gasteiger partial charge in [-0.25, -0.2) is 4.79 Å². The summed E-state index contributed by atoms with van der Waals surface area (Å²) >= 11 is 0. The van der Waals surface area contributed by atoms with Crippen molar-refractivity contribution < 1.29 is 19.2 Å². The molecule has 1 fully saturated rings. The molecule has 0 aromatic carbocycles. The molecule has 0 bridgehead atoms. The summed E-state index contributed by atoms with van der Waals surface area (Å²) in [5.41, 5.74) is 0. The lowest BCUT2D eigenvalue weighted by Gasteiger charge is -2.31. The van der Waals surface area contributed by atoms with Gasteiger partial charge in [-0.15, -0.1) is 0 Å². The van der Waals surface area contributed by atoms with Crippen LogP contribution in [0.3, 0.4) is 0 Å². The first-order valence-electron chi connectivity index (χ1n) is 7.15. The summed E-state index contributed by atoms with van der Waals surface area (Å²) in [5.74, 6) is 0.155. The molecule has 1 aromatic rings. The van der Waals surface area contributed by atoms with Gasteiger partial charge in [-0.05, 0) is 25.2 Å². The maximum absolute atomic E-state index is 12.0. The van der Waals surface area contributed by atoms with Gasteiger partial charge in [0.15, 0.2) is 6.33 Å². The summed E-state index contributed by atoms with van der Waals surface area (Å²) in [4.78, 5) is 28.1. The Labute approximate surface area is 122 Å². The van der Waals surface area contributed by atoms with Gasteiger partial charge in [0.2, 0.25) is 5.89 Å². The quantitative estimate of drug-likeness (QED) is 0.807. The number of hydrogen-bond acceptors (Lipinski definition) is 5. The number of rotatable bonds is 6. The van der Waals surface area contributed by atoms with Crippen LogP contribution in [0.2, 0.25) is 0 Å². The van der Waals surface area contributed by atoms with Gasteiger partial charge in [0.1, 0.15) is 0 Å². The Morgan fingerprint density at radius 2 is 2.19 bits per heavy atom. The maximum atomic E-state index is 12.0. The van der Waals surface area contributed by atoms with Crippen LogP contribution in [0.15, 0.2) is 10.9 Å². The van der Waals surface area contributed by atoms with Gasteiger partial charge in [0, 0.05) is 32.5 Å². The summed E-state index contributed by atoms with van der Waals surface area (Å²) in [6, 6.07) is -0.0915. The molecule has 1 aliphatic rings. The largest absolute Gasteiger partial charge is 0.481 e. The molecule has 8 nitrogen and oxygen atoms in total. The predicted molar refractivity (Wildman–Crippen MR) is 72.6 cm³/mol. The van der Waals surface area contributed by atoms with Crippen molar-refractivity contribution in [2.45, 2.75) is 32.1 Å².